The Kier molecular flexibility index (Phi) is 4.95. The molecule has 1 aliphatic heterocycles. The van der Waals surface area contributed by atoms with Crippen molar-refractivity contribution in [2.24, 2.45) is 0 Å². The lowest BCUT2D eigenvalue weighted by Crippen LogP contribution is -2.38. The summed E-state index contributed by atoms with van der Waals surface area (Å²) in [5.41, 5.74) is 2.78. The Hall–Kier alpha value is -3.59. The molecule has 158 valence electrons. The molecule has 5 rings (SSSR count). The molecular formula is C22H21N5O3S. The topological polar surface area (TPSA) is 81.0 Å². The lowest BCUT2D eigenvalue weighted by atomic mass is 10.2. The Labute approximate surface area is 183 Å². The number of hydrogen-bond donors (Lipinski definition) is 1. The van der Waals surface area contributed by atoms with Crippen LogP contribution in [-0.4, -0.2) is 46.3 Å². The van der Waals surface area contributed by atoms with Crippen LogP contribution in [0.15, 0.2) is 48.5 Å². The molecule has 1 N–H and O–H groups in total. The fourth-order valence-corrected chi connectivity index (χ4v) is 4.81. The monoisotopic (exact) mass is 435 g/mol. The molecule has 0 atom stereocenters. The molecule has 8 nitrogen and oxygen atoms in total. The molecule has 3 heterocycles. The lowest BCUT2D eigenvalue weighted by molar-refractivity contribution is 0.206. The van der Waals surface area contributed by atoms with Crippen molar-refractivity contribution in [3.63, 3.8) is 0 Å². The van der Waals surface area contributed by atoms with E-state index in [4.69, 9.17) is 14.6 Å². The van der Waals surface area contributed by atoms with Gasteiger partial charge in [0.15, 0.2) is 17.3 Å². The van der Waals surface area contributed by atoms with E-state index in [1.807, 2.05) is 34.8 Å². The highest BCUT2D eigenvalue weighted by Gasteiger charge is 2.26. The van der Waals surface area contributed by atoms with Crippen LogP contribution < -0.4 is 14.8 Å². The Balaban J connectivity index is 1.33. The number of carbonyl (C=O) groups is 1. The molecule has 2 amide bonds. The fraction of sp³-hybridized carbons (Fsp3) is 0.227. The van der Waals surface area contributed by atoms with Crippen LogP contribution in [-0.2, 0) is 13.0 Å². The molecule has 0 saturated heterocycles. The Morgan fingerprint density at radius 1 is 1.10 bits per heavy atom. The molecule has 0 aliphatic carbocycles. The lowest BCUT2D eigenvalue weighted by Gasteiger charge is -2.26. The molecule has 2 aromatic heterocycles. The van der Waals surface area contributed by atoms with E-state index < -0.39 is 0 Å². The number of aromatic nitrogens is 3. The summed E-state index contributed by atoms with van der Waals surface area (Å²) in [5, 5.41) is 7.65. The third-order valence-electron chi connectivity index (χ3n) is 5.28. The number of hydrogen-bond acceptors (Lipinski definition) is 6. The van der Waals surface area contributed by atoms with Crippen LogP contribution >= 0.6 is 11.3 Å². The number of amides is 2. The van der Waals surface area contributed by atoms with Gasteiger partial charge in [0.1, 0.15) is 0 Å². The number of benzene rings is 2. The average Bonchev–Trinajstić information content (AvgIpc) is 3.37. The molecule has 31 heavy (non-hydrogen) atoms. The van der Waals surface area contributed by atoms with Crippen molar-refractivity contribution in [3.8, 4) is 22.9 Å². The molecule has 0 saturated carbocycles. The summed E-state index contributed by atoms with van der Waals surface area (Å²) in [7, 11) is 3.15. The second kappa shape index (κ2) is 7.92. The van der Waals surface area contributed by atoms with E-state index in [1.165, 1.54) is 0 Å². The molecule has 0 unspecified atom stereocenters. The van der Waals surface area contributed by atoms with Crippen molar-refractivity contribution < 1.29 is 14.3 Å². The summed E-state index contributed by atoms with van der Waals surface area (Å²) in [6.07, 6.45) is 0.728. The Bertz CT molecular complexity index is 1250. The summed E-state index contributed by atoms with van der Waals surface area (Å²) in [6, 6.07) is 15.1. The van der Waals surface area contributed by atoms with Crippen LogP contribution in [0.4, 0.5) is 10.5 Å². The van der Waals surface area contributed by atoms with Gasteiger partial charge in [-0.1, -0.05) is 41.7 Å². The Morgan fingerprint density at radius 3 is 2.68 bits per heavy atom. The van der Waals surface area contributed by atoms with Gasteiger partial charge in [0.2, 0.25) is 4.96 Å². The van der Waals surface area contributed by atoms with Gasteiger partial charge in [0.25, 0.3) is 0 Å². The number of urea groups is 1. The average molecular weight is 436 g/mol. The maximum absolute atomic E-state index is 12.8. The minimum absolute atomic E-state index is 0.151. The van der Waals surface area contributed by atoms with E-state index in [0.29, 0.717) is 30.3 Å². The third kappa shape index (κ3) is 3.57. The van der Waals surface area contributed by atoms with Crippen LogP contribution in [0, 0.1) is 0 Å². The number of carbonyl (C=O) groups excluding carboxylic acids is 1. The third-order valence-corrected chi connectivity index (χ3v) is 6.33. The minimum atomic E-state index is -0.151. The second-order valence-electron chi connectivity index (χ2n) is 7.14. The summed E-state index contributed by atoms with van der Waals surface area (Å²) < 4.78 is 12.5. The van der Waals surface area contributed by atoms with Gasteiger partial charge in [0, 0.05) is 35.2 Å². The van der Waals surface area contributed by atoms with Gasteiger partial charge in [-0.2, -0.15) is 4.98 Å². The minimum Gasteiger partial charge on any atom is -0.493 e. The fourth-order valence-electron chi connectivity index (χ4n) is 3.69. The first-order valence-corrected chi connectivity index (χ1v) is 10.7. The molecule has 0 spiro atoms. The summed E-state index contributed by atoms with van der Waals surface area (Å²) in [6.45, 7) is 1.14. The second-order valence-corrected chi connectivity index (χ2v) is 8.20. The van der Waals surface area contributed by atoms with Crippen LogP contribution in [0.3, 0.4) is 0 Å². The van der Waals surface area contributed by atoms with Crippen molar-refractivity contribution in [3.05, 3.63) is 59.1 Å². The van der Waals surface area contributed by atoms with Gasteiger partial charge in [-0.25, -0.2) is 9.31 Å². The van der Waals surface area contributed by atoms with Crippen LogP contribution in [0.25, 0.3) is 16.3 Å². The molecule has 2 aromatic carbocycles. The number of methoxy groups -OCH3 is 2. The number of nitrogens with zero attached hydrogens (tertiary/aromatic N) is 4. The summed E-state index contributed by atoms with van der Waals surface area (Å²) in [4.78, 5) is 21.3. The normalized spacial score (nSPS) is 13.2. The smallest absolute Gasteiger partial charge is 0.322 e. The van der Waals surface area contributed by atoms with E-state index >= 15 is 0 Å². The van der Waals surface area contributed by atoms with E-state index in [-0.39, 0.29) is 6.03 Å². The molecule has 4 aromatic rings. The van der Waals surface area contributed by atoms with Gasteiger partial charge < -0.3 is 19.7 Å². The maximum Gasteiger partial charge on any atom is 0.322 e. The predicted molar refractivity (Wildman–Crippen MR) is 119 cm³/mol. The zero-order valence-corrected chi connectivity index (χ0v) is 18.0. The number of ether oxygens (including phenoxy) is 2. The van der Waals surface area contributed by atoms with Gasteiger partial charge in [-0.3, -0.25) is 0 Å². The first-order chi connectivity index (χ1) is 15.2. The standard InChI is InChI=1S/C22H21N5O3S/c1-29-17-9-8-15(12-18(17)30-2)23-21(28)26-11-10-16-19(13-26)31-22-24-20(25-27(16)22)14-6-4-3-5-7-14/h3-9,12H,10-11,13H2,1-2H3,(H,23,28). The first-order valence-electron chi connectivity index (χ1n) is 9.87. The molecular weight excluding hydrogens is 414 g/mol. The SMILES string of the molecule is COc1ccc(NC(=O)N2CCc3c(sc4nc(-c5ccccc5)nn34)C2)cc1OC. The predicted octanol–water partition coefficient (Wildman–Crippen LogP) is 4.07. The summed E-state index contributed by atoms with van der Waals surface area (Å²) >= 11 is 1.58. The summed E-state index contributed by atoms with van der Waals surface area (Å²) in [5.74, 6) is 1.91. The largest absolute Gasteiger partial charge is 0.493 e. The highest BCUT2D eigenvalue weighted by molar-refractivity contribution is 7.17. The van der Waals surface area contributed by atoms with E-state index in [0.717, 1.165) is 33.3 Å². The van der Waals surface area contributed by atoms with Crippen LogP contribution in [0.2, 0.25) is 0 Å². The highest BCUT2D eigenvalue weighted by Crippen LogP contribution is 2.32. The number of nitrogens with one attached hydrogen (secondary N) is 1. The van der Waals surface area contributed by atoms with Gasteiger partial charge >= 0.3 is 6.03 Å². The van der Waals surface area contributed by atoms with Crippen molar-refractivity contribution in [1.29, 1.82) is 0 Å². The number of fused-ring (bicyclic) bond motifs is 3. The number of thiazole rings is 1. The zero-order chi connectivity index (χ0) is 21.4. The van der Waals surface area contributed by atoms with Crippen molar-refractivity contribution >= 4 is 28.0 Å². The molecule has 9 heteroatoms. The van der Waals surface area contributed by atoms with Gasteiger partial charge in [-0.15, -0.1) is 5.10 Å². The number of rotatable bonds is 4. The maximum atomic E-state index is 12.8. The van der Waals surface area contributed by atoms with Gasteiger partial charge in [-0.05, 0) is 12.1 Å². The molecule has 1 aliphatic rings. The van der Waals surface area contributed by atoms with Crippen molar-refractivity contribution in [2.75, 3.05) is 26.1 Å². The van der Waals surface area contributed by atoms with Crippen molar-refractivity contribution in [2.45, 2.75) is 13.0 Å². The van der Waals surface area contributed by atoms with Gasteiger partial charge in [0.05, 0.1) is 26.5 Å². The molecule has 0 radical (unpaired) electrons. The van der Waals surface area contributed by atoms with E-state index in [1.54, 1.807) is 48.7 Å². The molecule has 0 fully saturated rings. The number of anilines is 1. The van der Waals surface area contributed by atoms with Crippen LogP contribution in [0.5, 0.6) is 11.5 Å². The quantitative estimate of drug-likeness (QED) is 0.523. The highest BCUT2D eigenvalue weighted by atomic mass is 32.1. The van der Waals surface area contributed by atoms with E-state index in [9.17, 15) is 4.79 Å². The van der Waals surface area contributed by atoms with Crippen molar-refractivity contribution in [1.82, 2.24) is 19.5 Å². The van der Waals surface area contributed by atoms with Crippen LogP contribution in [0.1, 0.15) is 10.6 Å². The Morgan fingerprint density at radius 2 is 1.90 bits per heavy atom. The zero-order valence-electron chi connectivity index (χ0n) is 17.2. The van der Waals surface area contributed by atoms with E-state index in [2.05, 4.69) is 10.3 Å². The first kappa shape index (κ1) is 19.4. The molecule has 0 bridgehead atoms.